The summed E-state index contributed by atoms with van der Waals surface area (Å²) in [5.74, 6) is 2.15. The van der Waals surface area contributed by atoms with Gasteiger partial charge in [0.2, 0.25) is 5.95 Å². The molecule has 1 unspecified atom stereocenters. The van der Waals surface area contributed by atoms with Crippen molar-refractivity contribution >= 4 is 11.7 Å². The number of Topliss-reactive ketones (excluding diaryl/α,β-unsaturated/α-hetero) is 1. The van der Waals surface area contributed by atoms with Crippen LogP contribution in [-0.4, -0.2) is 34.3 Å². The first-order valence-electron chi connectivity index (χ1n) is 8.46. The van der Waals surface area contributed by atoms with E-state index in [4.69, 9.17) is 9.47 Å². The standard InChI is InChI=1S/C18H20N4O3/c1-3-25-15-9-11(7-8-14(15)24-2)17-16-12(5-4-6-13(16)23)21-18-19-10-20-22(17)18/h7-10,17H,3-6H2,1-2H3,(H,19,20,21). The highest BCUT2D eigenvalue weighted by Crippen LogP contribution is 2.41. The molecular weight excluding hydrogens is 320 g/mol. The van der Waals surface area contributed by atoms with Crippen LogP contribution in [0.15, 0.2) is 35.8 Å². The van der Waals surface area contributed by atoms with Gasteiger partial charge in [-0.15, -0.1) is 0 Å². The number of hydrogen-bond donors (Lipinski definition) is 1. The molecule has 0 saturated carbocycles. The Morgan fingerprint density at radius 2 is 2.20 bits per heavy atom. The minimum atomic E-state index is -0.299. The Morgan fingerprint density at radius 1 is 1.32 bits per heavy atom. The van der Waals surface area contributed by atoms with Gasteiger partial charge in [-0.3, -0.25) is 4.79 Å². The van der Waals surface area contributed by atoms with Gasteiger partial charge < -0.3 is 14.8 Å². The SMILES string of the molecule is CCOc1cc(C2C3=C(CCCC3=O)Nc3ncnn32)ccc1OC. The Hall–Kier alpha value is -2.83. The molecule has 7 heteroatoms. The summed E-state index contributed by atoms with van der Waals surface area (Å²) in [6.07, 6.45) is 3.78. The summed E-state index contributed by atoms with van der Waals surface area (Å²) >= 11 is 0. The minimum Gasteiger partial charge on any atom is -0.493 e. The van der Waals surface area contributed by atoms with Crippen LogP contribution in [0.1, 0.15) is 37.8 Å². The Labute approximate surface area is 145 Å². The molecule has 130 valence electrons. The van der Waals surface area contributed by atoms with Crippen molar-refractivity contribution < 1.29 is 14.3 Å². The van der Waals surface area contributed by atoms with E-state index in [1.165, 1.54) is 6.33 Å². The highest BCUT2D eigenvalue weighted by molar-refractivity contribution is 5.99. The average molecular weight is 340 g/mol. The summed E-state index contributed by atoms with van der Waals surface area (Å²) in [5, 5.41) is 7.61. The van der Waals surface area contributed by atoms with E-state index in [-0.39, 0.29) is 11.8 Å². The molecule has 2 aromatic rings. The molecule has 0 fully saturated rings. The summed E-state index contributed by atoms with van der Waals surface area (Å²) in [4.78, 5) is 16.9. The van der Waals surface area contributed by atoms with Crippen LogP contribution in [0.4, 0.5) is 5.95 Å². The number of rotatable bonds is 4. The highest BCUT2D eigenvalue weighted by Gasteiger charge is 2.36. The zero-order chi connectivity index (χ0) is 17.4. The van der Waals surface area contributed by atoms with E-state index in [0.29, 0.717) is 30.5 Å². The second-order valence-corrected chi connectivity index (χ2v) is 6.07. The number of anilines is 1. The topological polar surface area (TPSA) is 78.3 Å². The molecule has 1 atom stereocenters. The first-order chi connectivity index (χ1) is 12.2. The van der Waals surface area contributed by atoms with Crippen molar-refractivity contribution in [1.82, 2.24) is 14.8 Å². The molecule has 1 N–H and O–H groups in total. The Bertz CT molecular complexity index is 856. The molecule has 0 bridgehead atoms. The van der Waals surface area contributed by atoms with E-state index >= 15 is 0 Å². The molecule has 7 nitrogen and oxygen atoms in total. The number of methoxy groups -OCH3 is 1. The molecule has 0 spiro atoms. The maximum atomic E-state index is 12.7. The molecule has 1 aliphatic carbocycles. The van der Waals surface area contributed by atoms with Crippen LogP contribution in [0.2, 0.25) is 0 Å². The van der Waals surface area contributed by atoms with E-state index < -0.39 is 0 Å². The predicted octanol–water partition coefficient (Wildman–Crippen LogP) is 2.71. The van der Waals surface area contributed by atoms with E-state index in [1.807, 2.05) is 25.1 Å². The lowest BCUT2D eigenvalue weighted by Gasteiger charge is -2.32. The van der Waals surface area contributed by atoms with Crippen molar-refractivity contribution in [3.05, 3.63) is 41.4 Å². The number of nitrogens with one attached hydrogen (secondary N) is 1. The lowest BCUT2D eigenvalue weighted by molar-refractivity contribution is -0.116. The van der Waals surface area contributed by atoms with Gasteiger partial charge in [-0.05, 0) is 37.5 Å². The molecule has 0 saturated heterocycles. The number of nitrogens with zero attached hydrogens (tertiary/aromatic N) is 3. The van der Waals surface area contributed by atoms with Crippen LogP contribution in [0.3, 0.4) is 0 Å². The monoisotopic (exact) mass is 340 g/mol. The van der Waals surface area contributed by atoms with E-state index in [9.17, 15) is 4.79 Å². The third-order valence-electron chi connectivity index (χ3n) is 4.61. The summed E-state index contributed by atoms with van der Waals surface area (Å²) in [5.41, 5.74) is 2.66. The van der Waals surface area contributed by atoms with Crippen LogP contribution in [-0.2, 0) is 4.79 Å². The first kappa shape index (κ1) is 15.7. The second kappa shape index (κ2) is 6.23. The van der Waals surface area contributed by atoms with Gasteiger partial charge in [0.1, 0.15) is 12.4 Å². The van der Waals surface area contributed by atoms with Gasteiger partial charge in [-0.25, -0.2) is 4.68 Å². The zero-order valence-electron chi connectivity index (χ0n) is 14.3. The van der Waals surface area contributed by atoms with Crippen LogP contribution >= 0.6 is 0 Å². The van der Waals surface area contributed by atoms with Gasteiger partial charge >= 0.3 is 0 Å². The molecule has 2 heterocycles. The summed E-state index contributed by atoms with van der Waals surface area (Å²) in [6, 6.07) is 5.45. The fourth-order valence-electron chi connectivity index (χ4n) is 3.54. The fourth-order valence-corrected chi connectivity index (χ4v) is 3.54. The van der Waals surface area contributed by atoms with E-state index in [2.05, 4.69) is 15.4 Å². The lowest BCUT2D eigenvalue weighted by atomic mass is 9.85. The third-order valence-corrected chi connectivity index (χ3v) is 4.61. The number of carbonyl (C=O) groups is 1. The van der Waals surface area contributed by atoms with Crippen LogP contribution in [0.25, 0.3) is 0 Å². The summed E-state index contributed by atoms with van der Waals surface area (Å²) in [7, 11) is 1.61. The molecule has 1 aromatic heterocycles. The molecule has 1 aromatic carbocycles. The number of ketones is 1. The third kappa shape index (κ3) is 2.56. The molecular formula is C18H20N4O3. The predicted molar refractivity (Wildman–Crippen MR) is 91.8 cm³/mol. The maximum Gasteiger partial charge on any atom is 0.226 e. The fraction of sp³-hybridized carbons (Fsp3) is 0.389. The smallest absolute Gasteiger partial charge is 0.226 e. The lowest BCUT2D eigenvalue weighted by Crippen LogP contribution is -2.31. The molecule has 25 heavy (non-hydrogen) atoms. The Kier molecular flexibility index (Phi) is 3.91. The summed E-state index contributed by atoms with van der Waals surface area (Å²) < 4.78 is 12.8. The largest absolute Gasteiger partial charge is 0.493 e. The highest BCUT2D eigenvalue weighted by atomic mass is 16.5. The quantitative estimate of drug-likeness (QED) is 0.922. The van der Waals surface area contributed by atoms with Gasteiger partial charge in [0.15, 0.2) is 17.3 Å². The molecule has 2 aliphatic rings. The minimum absolute atomic E-state index is 0.161. The van der Waals surface area contributed by atoms with Gasteiger partial charge in [0.25, 0.3) is 0 Å². The summed E-state index contributed by atoms with van der Waals surface area (Å²) in [6.45, 7) is 2.46. The van der Waals surface area contributed by atoms with Crippen LogP contribution in [0, 0.1) is 0 Å². The van der Waals surface area contributed by atoms with Gasteiger partial charge in [0.05, 0.1) is 13.7 Å². The van der Waals surface area contributed by atoms with Crippen molar-refractivity contribution in [2.75, 3.05) is 19.0 Å². The number of hydrogen-bond acceptors (Lipinski definition) is 6. The van der Waals surface area contributed by atoms with Crippen molar-refractivity contribution in [1.29, 1.82) is 0 Å². The van der Waals surface area contributed by atoms with Crippen molar-refractivity contribution in [3.63, 3.8) is 0 Å². The normalized spacial score (nSPS) is 19.1. The number of fused-ring (bicyclic) bond motifs is 1. The maximum absolute atomic E-state index is 12.7. The number of carbonyl (C=O) groups excluding carboxylic acids is 1. The first-order valence-corrected chi connectivity index (χ1v) is 8.46. The second-order valence-electron chi connectivity index (χ2n) is 6.07. The average Bonchev–Trinajstić information content (AvgIpc) is 3.08. The van der Waals surface area contributed by atoms with E-state index in [0.717, 1.165) is 29.7 Å². The van der Waals surface area contributed by atoms with E-state index in [1.54, 1.807) is 11.8 Å². The number of allylic oxidation sites excluding steroid dienone is 2. The number of ether oxygens (including phenoxy) is 2. The van der Waals surface area contributed by atoms with Crippen molar-refractivity contribution in [2.45, 2.75) is 32.2 Å². The van der Waals surface area contributed by atoms with Gasteiger partial charge in [-0.1, -0.05) is 6.07 Å². The molecule has 0 amide bonds. The molecule has 0 radical (unpaired) electrons. The molecule has 1 aliphatic heterocycles. The Balaban J connectivity index is 1.86. The van der Waals surface area contributed by atoms with Gasteiger partial charge in [0, 0.05) is 17.7 Å². The van der Waals surface area contributed by atoms with Crippen LogP contribution < -0.4 is 14.8 Å². The van der Waals surface area contributed by atoms with Gasteiger partial charge in [-0.2, -0.15) is 10.1 Å². The zero-order valence-corrected chi connectivity index (χ0v) is 14.3. The molecule has 4 rings (SSSR count). The van der Waals surface area contributed by atoms with Crippen molar-refractivity contribution in [2.24, 2.45) is 0 Å². The number of benzene rings is 1. The van der Waals surface area contributed by atoms with Crippen molar-refractivity contribution in [3.8, 4) is 11.5 Å². The number of aromatic nitrogens is 3. The Morgan fingerprint density at radius 3 is 3.00 bits per heavy atom. The van der Waals surface area contributed by atoms with Crippen LogP contribution in [0.5, 0.6) is 11.5 Å².